The molecule has 1 aliphatic rings. The van der Waals surface area contributed by atoms with E-state index in [1.807, 2.05) is 0 Å². The fraction of sp³-hybridized carbons (Fsp3) is 0.412. The predicted octanol–water partition coefficient (Wildman–Crippen LogP) is 3.22. The summed E-state index contributed by atoms with van der Waals surface area (Å²) in [4.78, 5) is 36.6. The van der Waals surface area contributed by atoms with E-state index in [0.717, 1.165) is 17.5 Å². The van der Waals surface area contributed by atoms with Crippen LogP contribution in [0.1, 0.15) is 29.4 Å². The van der Waals surface area contributed by atoms with E-state index >= 15 is 0 Å². The summed E-state index contributed by atoms with van der Waals surface area (Å²) in [6.45, 7) is 3.28. The zero-order valence-electron chi connectivity index (χ0n) is 13.8. The standard InChI is InChI=1S/C17H18N2O5S/c1-11-4-6-18(7-5-11)16(20)10-24-17(21)15-9-12-8-13(19(22)23)2-3-14(12)25-15/h2-3,8-9,11H,4-7,10H2,1H3. The third-order valence-corrected chi connectivity index (χ3v) is 5.47. The second-order valence-electron chi connectivity index (χ2n) is 6.23. The number of piperidine rings is 1. The van der Waals surface area contributed by atoms with Crippen LogP contribution < -0.4 is 0 Å². The van der Waals surface area contributed by atoms with Crippen LogP contribution in [0.2, 0.25) is 0 Å². The van der Waals surface area contributed by atoms with E-state index in [1.165, 1.54) is 23.5 Å². The quantitative estimate of drug-likeness (QED) is 0.473. The Morgan fingerprint density at radius 3 is 2.72 bits per heavy atom. The molecule has 0 aliphatic carbocycles. The van der Waals surface area contributed by atoms with E-state index in [0.29, 0.717) is 29.3 Å². The molecule has 0 atom stereocenters. The topological polar surface area (TPSA) is 89.8 Å². The van der Waals surface area contributed by atoms with Crippen molar-refractivity contribution >= 4 is 39.0 Å². The van der Waals surface area contributed by atoms with Gasteiger partial charge in [0.15, 0.2) is 6.61 Å². The molecule has 2 heterocycles. The first-order valence-corrected chi connectivity index (χ1v) is 8.88. The summed E-state index contributed by atoms with van der Waals surface area (Å²) in [5, 5.41) is 11.4. The van der Waals surface area contributed by atoms with Crippen LogP contribution in [0.25, 0.3) is 10.1 Å². The van der Waals surface area contributed by atoms with E-state index in [2.05, 4.69) is 6.92 Å². The van der Waals surface area contributed by atoms with Gasteiger partial charge in [-0.3, -0.25) is 14.9 Å². The van der Waals surface area contributed by atoms with Crippen LogP contribution in [-0.2, 0) is 9.53 Å². The maximum absolute atomic E-state index is 12.2. The Bertz CT molecular complexity index is 824. The molecule has 1 amide bonds. The maximum Gasteiger partial charge on any atom is 0.348 e. The molecule has 1 aliphatic heterocycles. The summed E-state index contributed by atoms with van der Waals surface area (Å²) in [7, 11) is 0. The Hall–Kier alpha value is -2.48. The first kappa shape index (κ1) is 17.3. The highest BCUT2D eigenvalue weighted by atomic mass is 32.1. The zero-order valence-corrected chi connectivity index (χ0v) is 14.6. The van der Waals surface area contributed by atoms with E-state index in [1.54, 1.807) is 17.0 Å². The monoisotopic (exact) mass is 362 g/mol. The van der Waals surface area contributed by atoms with Gasteiger partial charge < -0.3 is 9.64 Å². The van der Waals surface area contributed by atoms with Crippen molar-refractivity contribution < 1.29 is 19.2 Å². The largest absolute Gasteiger partial charge is 0.451 e. The van der Waals surface area contributed by atoms with Crippen molar-refractivity contribution in [3.8, 4) is 0 Å². The molecule has 8 heteroatoms. The molecule has 1 aromatic heterocycles. The molecule has 0 N–H and O–H groups in total. The number of rotatable bonds is 4. The Balaban J connectivity index is 1.62. The lowest BCUT2D eigenvalue weighted by molar-refractivity contribution is -0.384. The molecule has 0 saturated carbocycles. The number of hydrogen-bond donors (Lipinski definition) is 0. The minimum absolute atomic E-state index is 0.0280. The summed E-state index contributed by atoms with van der Waals surface area (Å²) >= 11 is 1.19. The minimum Gasteiger partial charge on any atom is -0.451 e. The van der Waals surface area contributed by atoms with Gasteiger partial charge in [-0.05, 0) is 30.9 Å². The van der Waals surface area contributed by atoms with Crippen molar-refractivity contribution in [1.82, 2.24) is 4.90 Å². The van der Waals surface area contributed by atoms with Crippen LogP contribution in [-0.4, -0.2) is 41.4 Å². The average molecular weight is 362 g/mol. The third kappa shape index (κ3) is 3.96. The van der Waals surface area contributed by atoms with Crippen LogP contribution in [0.5, 0.6) is 0 Å². The maximum atomic E-state index is 12.2. The van der Waals surface area contributed by atoms with Gasteiger partial charge in [0.05, 0.1) is 4.92 Å². The number of thiophene rings is 1. The lowest BCUT2D eigenvalue weighted by atomic mass is 9.99. The molecule has 0 unspecified atom stereocenters. The van der Waals surface area contributed by atoms with E-state index in [-0.39, 0.29) is 18.2 Å². The second kappa shape index (κ2) is 7.18. The molecule has 3 rings (SSSR count). The van der Waals surface area contributed by atoms with Gasteiger partial charge in [-0.15, -0.1) is 11.3 Å². The van der Waals surface area contributed by atoms with Gasteiger partial charge in [0.25, 0.3) is 11.6 Å². The number of likely N-dealkylation sites (tertiary alicyclic amines) is 1. The van der Waals surface area contributed by atoms with Gasteiger partial charge >= 0.3 is 5.97 Å². The van der Waals surface area contributed by atoms with Gasteiger partial charge in [0.1, 0.15) is 4.88 Å². The Kier molecular flexibility index (Phi) is 4.98. The van der Waals surface area contributed by atoms with Crippen molar-refractivity contribution in [1.29, 1.82) is 0 Å². The lowest BCUT2D eigenvalue weighted by Gasteiger charge is -2.30. The molecule has 0 spiro atoms. The Labute approximate surface area is 148 Å². The number of nitro benzene ring substituents is 1. The Morgan fingerprint density at radius 1 is 1.32 bits per heavy atom. The molecule has 0 bridgehead atoms. The number of nitrogens with zero attached hydrogens (tertiary/aromatic N) is 2. The molecule has 0 radical (unpaired) electrons. The van der Waals surface area contributed by atoms with Gasteiger partial charge in [0, 0.05) is 35.3 Å². The molecular formula is C17H18N2O5S. The Morgan fingerprint density at radius 2 is 2.04 bits per heavy atom. The number of non-ortho nitro benzene ring substituents is 1. The van der Waals surface area contributed by atoms with Gasteiger partial charge in [-0.25, -0.2) is 4.79 Å². The number of benzene rings is 1. The molecule has 132 valence electrons. The summed E-state index contributed by atoms with van der Waals surface area (Å²) in [6, 6.07) is 5.98. The normalized spacial score (nSPS) is 15.3. The fourth-order valence-corrected chi connectivity index (χ4v) is 3.73. The number of fused-ring (bicyclic) bond motifs is 1. The predicted molar refractivity (Wildman–Crippen MR) is 93.7 cm³/mol. The van der Waals surface area contributed by atoms with Crippen LogP contribution in [0, 0.1) is 16.0 Å². The summed E-state index contributed by atoms with van der Waals surface area (Å²) in [5.41, 5.74) is -0.0280. The SMILES string of the molecule is CC1CCN(C(=O)COC(=O)c2cc3cc([N+](=O)[O-])ccc3s2)CC1. The molecule has 1 aromatic carbocycles. The molecule has 7 nitrogen and oxygen atoms in total. The number of carbonyl (C=O) groups excluding carboxylic acids is 2. The lowest BCUT2D eigenvalue weighted by Crippen LogP contribution is -2.40. The number of nitro groups is 1. The highest BCUT2D eigenvalue weighted by molar-refractivity contribution is 7.20. The molecule has 1 saturated heterocycles. The van der Waals surface area contributed by atoms with Crippen molar-refractivity contribution in [2.45, 2.75) is 19.8 Å². The van der Waals surface area contributed by atoms with E-state index in [9.17, 15) is 19.7 Å². The van der Waals surface area contributed by atoms with E-state index < -0.39 is 10.9 Å². The number of ether oxygens (including phenoxy) is 1. The summed E-state index contributed by atoms with van der Waals surface area (Å²) in [6.07, 6.45) is 1.93. The van der Waals surface area contributed by atoms with Gasteiger partial charge in [-0.2, -0.15) is 0 Å². The van der Waals surface area contributed by atoms with Crippen molar-refractivity contribution in [2.75, 3.05) is 19.7 Å². The molecule has 25 heavy (non-hydrogen) atoms. The number of carbonyl (C=O) groups is 2. The minimum atomic E-state index is -0.581. The molecule has 1 fully saturated rings. The first-order valence-electron chi connectivity index (χ1n) is 8.07. The first-order chi connectivity index (χ1) is 11.9. The highest BCUT2D eigenvalue weighted by Gasteiger charge is 2.22. The van der Waals surface area contributed by atoms with Crippen LogP contribution in [0.3, 0.4) is 0 Å². The van der Waals surface area contributed by atoms with Crippen LogP contribution >= 0.6 is 11.3 Å². The van der Waals surface area contributed by atoms with Crippen molar-refractivity contribution in [3.05, 3.63) is 39.3 Å². The summed E-state index contributed by atoms with van der Waals surface area (Å²) in [5.74, 6) is -0.145. The fourth-order valence-electron chi connectivity index (χ4n) is 2.79. The van der Waals surface area contributed by atoms with E-state index in [4.69, 9.17) is 4.74 Å². The smallest absolute Gasteiger partial charge is 0.348 e. The van der Waals surface area contributed by atoms with Gasteiger partial charge in [0.2, 0.25) is 0 Å². The van der Waals surface area contributed by atoms with Crippen LogP contribution in [0.15, 0.2) is 24.3 Å². The molecule has 2 aromatic rings. The molecular weight excluding hydrogens is 344 g/mol. The van der Waals surface area contributed by atoms with Gasteiger partial charge in [-0.1, -0.05) is 6.92 Å². The highest BCUT2D eigenvalue weighted by Crippen LogP contribution is 2.29. The van der Waals surface area contributed by atoms with Crippen molar-refractivity contribution in [3.63, 3.8) is 0 Å². The average Bonchev–Trinajstić information content (AvgIpc) is 3.03. The third-order valence-electron chi connectivity index (χ3n) is 4.37. The number of esters is 1. The summed E-state index contributed by atoms with van der Waals surface area (Å²) < 4.78 is 5.88. The van der Waals surface area contributed by atoms with Crippen LogP contribution in [0.4, 0.5) is 5.69 Å². The zero-order chi connectivity index (χ0) is 18.0. The number of hydrogen-bond acceptors (Lipinski definition) is 6. The number of amides is 1. The second-order valence-corrected chi connectivity index (χ2v) is 7.31. The van der Waals surface area contributed by atoms with Crippen molar-refractivity contribution in [2.24, 2.45) is 5.92 Å².